The minimum Gasteiger partial charge on any atom is -0.339 e. The molecule has 4 atom stereocenters. The van der Waals surface area contributed by atoms with Gasteiger partial charge in [-0.3, -0.25) is 29.0 Å². The van der Waals surface area contributed by atoms with Gasteiger partial charge in [-0.2, -0.15) is 0 Å². The minimum absolute atomic E-state index is 0.127. The van der Waals surface area contributed by atoms with Crippen molar-refractivity contribution in [1.29, 1.82) is 0 Å². The van der Waals surface area contributed by atoms with Crippen LogP contribution in [0, 0.1) is 17.8 Å². The van der Waals surface area contributed by atoms with Crippen molar-refractivity contribution in [3.05, 3.63) is 12.2 Å². The number of amides is 4. The van der Waals surface area contributed by atoms with Crippen LogP contribution in [0.2, 0.25) is 0 Å². The van der Waals surface area contributed by atoms with Gasteiger partial charge < -0.3 is 9.80 Å². The number of carbonyl (C=O) groups excluding carboxylic acids is 4. The first-order valence-electron chi connectivity index (χ1n) is 13.1. The quantitative estimate of drug-likeness (QED) is 0.436. The molecule has 0 spiro atoms. The molecule has 4 rings (SSSR count). The van der Waals surface area contributed by atoms with E-state index in [4.69, 9.17) is 0 Å². The summed E-state index contributed by atoms with van der Waals surface area (Å²) >= 11 is 0. The van der Waals surface area contributed by atoms with Crippen LogP contribution >= 0.6 is 0 Å². The fraction of sp³-hybridized carbons (Fsp3) is 0.769. The summed E-state index contributed by atoms with van der Waals surface area (Å²) in [6.07, 6.45) is 8.91. The van der Waals surface area contributed by atoms with Crippen LogP contribution in [0.3, 0.4) is 0 Å². The lowest BCUT2D eigenvalue weighted by molar-refractivity contribution is -0.153. The van der Waals surface area contributed by atoms with Crippen molar-refractivity contribution in [2.45, 2.75) is 71.4 Å². The van der Waals surface area contributed by atoms with Gasteiger partial charge in [-0.1, -0.05) is 26.0 Å². The zero-order valence-electron chi connectivity index (χ0n) is 20.9. The first-order valence-corrected chi connectivity index (χ1v) is 13.1. The molecule has 1 aliphatic carbocycles. The maximum Gasteiger partial charge on any atom is 0.245 e. The molecule has 3 aliphatic heterocycles. The SMILES string of the molecule is CC(C)CC(C(=O)N1CCN(CC(=O)N2CCCCC2C)CC1)N1C(=O)C2CC=CCC2C1=O. The highest BCUT2D eigenvalue weighted by atomic mass is 16.2. The van der Waals surface area contributed by atoms with Gasteiger partial charge in [-0.15, -0.1) is 0 Å². The molecule has 3 saturated heterocycles. The summed E-state index contributed by atoms with van der Waals surface area (Å²) in [5, 5.41) is 0. The predicted octanol–water partition coefficient (Wildman–Crippen LogP) is 1.90. The fourth-order valence-electron chi connectivity index (χ4n) is 5.98. The largest absolute Gasteiger partial charge is 0.339 e. The second kappa shape index (κ2) is 10.6. The van der Waals surface area contributed by atoms with E-state index in [0.29, 0.717) is 58.0 Å². The third-order valence-electron chi connectivity index (χ3n) is 8.00. The molecule has 8 nitrogen and oxygen atoms in total. The molecular weight excluding hydrogens is 432 g/mol. The first kappa shape index (κ1) is 24.9. The van der Waals surface area contributed by atoms with E-state index in [1.54, 1.807) is 4.90 Å². The molecule has 4 unspecified atom stereocenters. The standard InChI is InChI=1S/C26H40N4O4/c1-18(2)16-22(30-24(32)20-9-4-5-10-21(20)25(30)33)26(34)28-14-12-27(13-15-28)17-23(31)29-11-7-6-8-19(29)3/h4-5,18-22H,6-17H2,1-3H3. The van der Waals surface area contributed by atoms with Crippen LogP contribution in [0.15, 0.2) is 12.2 Å². The Morgan fingerprint density at radius 1 is 0.941 bits per heavy atom. The molecule has 0 saturated carbocycles. The number of allylic oxidation sites excluding steroid dienone is 2. The second-order valence-electron chi connectivity index (χ2n) is 10.9. The van der Waals surface area contributed by atoms with E-state index in [2.05, 4.69) is 11.8 Å². The Balaban J connectivity index is 1.37. The van der Waals surface area contributed by atoms with Crippen LogP contribution in [0.1, 0.15) is 59.3 Å². The molecule has 0 aromatic carbocycles. The Morgan fingerprint density at radius 2 is 1.56 bits per heavy atom. The normalized spacial score (nSPS) is 29.1. The Hall–Kier alpha value is -2.22. The van der Waals surface area contributed by atoms with E-state index in [9.17, 15) is 19.2 Å². The maximum absolute atomic E-state index is 13.6. The lowest BCUT2D eigenvalue weighted by Gasteiger charge is -2.39. The van der Waals surface area contributed by atoms with E-state index >= 15 is 0 Å². The third-order valence-corrected chi connectivity index (χ3v) is 8.00. The van der Waals surface area contributed by atoms with E-state index in [1.807, 2.05) is 30.9 Å². The predicted molar refractivity (Wildman–Crippen MR) is 128 cm³/mol. The molecule has 3 fully saturated rings. The third kappa shape index (κ3) is 5.07. The van der Waals surface area contributed by atoms with Gasteiger partial charge in [0.1, 0.15) is 6.04 Å². The molecule has 0 bridgehead atoms. The van der Waals surface area contributed by atoms with Crippen molar-refractivity contribution in [2.75, 3.05) is 39.3 Å². The van der Waals surface area contributed by atoms with Crippen LogP contribution in [0.5, 0.6) is 0 Å². The van der Waals surface area contributed by atoms with E-state index in [-0.39, 0.29) is 41.4 Å². The van der Waals surface area contributed by atoms with Crippen LogP contribution in [0.4, 0.5) is 0 Å². The van der Waals surface area contributed by atoms with E-state index in [0.717, 1.165) is 19.4 Å². The number of imide groups is 1. The minimum atomic E-state index is -0.729. The number of fused-ring (bicyclic) bond motifs is 1. The Kier molecular flexibility index (Phi) is 7.75. The fourth-order valence-corrected chi connectivity index (χ4v) is 5.98. The highest BCUT2D eigenvalue weighted by molar-refractivity contribution is 6.08. The second-order valence-corrected chi connectivity index (χ2v) is 10.9. The zero-order chi connectivity index (χ0) is 24.4. The number of piperidine rings is 1. The summed E-state index contributed by atoms with van der Waals surface area (Å²) in [4.78, 5) is 60.0. The van der Waals surface area contributed by atoms with Crippen LogP contribution in [-0.2, 0) is 19.2 Å². The average molecular weight is 473 g/mol. The number of piperazine rings is 1. The maximum atomic E-state index is 13.6. The summed E-state index contributed by atoms with van der Waals surface area (Å²) in [5.41, 5.74) is 0. The van der Waals surface area contributed by atoms with E-state index in [1.165, 1.54) is 11.3 Å². The molecule has 0 radical (unpaired) electrons. The monoisotopic (exact) mass is 472 g/mol. The smallest absolute Gasteiger partial charge is 0.245 e. The first-order chi connectivity index (χ1) is 16.3. The summed E-state index contributed by atoms with van der Waals surface area (Å²) < 4.78 is 0. The van der Waals surface area contributed by atoms with Crippen LogP contribution < -0.4 is 0 Å². The van der Waals surface area contributed by atoms with Crippen molar-refractivity contribution in [3.63, 3.8) is 0 Å². The van der Waals surface area contributed by atoms with E-state index < -0.39 is 6.04 Å². The molecule has 4 amide bonds. The molecule has 3 heterocycles. The number of hydrogen-bond acceptors (Lipinski definition) is 5. The molecule has 34 heavy (non-hydrogen) atoms. The van der Waals surface area contributed by atoms with Gasteiger partial charge >= 0.3 is 0 Å². The van der Waals surface area contributed by atoms with Crippen molar-refractivity contribution in [3.8, 4) is 0 Å². The summed E-state index contributed by atoms with van der Waals surface area (Å²) in [5.74, 6) is -0.774. The topological polar surface area (TPSA) is 81.2 Å². The highest BCUT2D eigenvalue weighted by Gasteiger charge is 2.51. The van der Waals surface area contributed by atoms with Gasteiger partial charge in [-0.25, -0.2) is 0 Å². The Morgan fingerprint density at radius 3 is 2.12 bits per heavy atom. The Bertz CT molecular complexity index is 807. The molecule has 0 N–H and O–H groups in total. The number of carbonyl (C=O) groups is 4. The molecule has 8 heteroatoms. The summed E-state index contributed by atoms with van der Waals surface area (Å²) in [6, 6.07) is -0.427. The van der Waals surface area contributed by atoms with Crippen LogP contribution in [0.25, 0.3) is 0 Å². The Labute approximate surface area is 203 Å². The number of hydrogen-bond donors (Lipinski definition) is 0. The van der Waals surface area contributed by atoms with Gasteiger partial charge in [0.15, 0.2) is 0 Å². The van der Waals surface area contributed by atoms with Gasteiger partial charge in [-0.05, 0) is 51.4 Å². The van der Waals surface area contributed by atoms with Crippen molar-refractivity contribution < 1.29 is 19.2 Å². The molecule has 0 aromatic rings. The lowest BCUT2D eigenvalue weighted by atomic mass is 9.85. The summed E-state index contributed by atoms with van der Waals surface area (Å²) in [7, 11) is 0. The van der Waals surface area contributed by atoms with Crippen molar-refractivity contribution in [1.82, 2.24) is 19.6 Å². The summed E-state index contributed by atoms with van der Waals surface area (Å²) in [6.45, 7) is 9.68. The van der Waals surface area contributed by atoms with Crippen LogP contribution in [-0.4, -0.2) is 94.6 Å². The van der Waals surface area contributed by atoms with Gasteiger partial charge in [0.25, 0.3) is 0 Å². The molecular formula is C26H40N4O4. The lowest BCUT2D eigenvalue weighted by Crippen LogP contribution is -2.57. The number of likely N-dealkylation sites (tertiary alicyclic amines) is 2. The number of nitrogens with zero attached hydrogens (tertiary/aromatic N) is 4. The molecule has 4 aliphatic rings. The molecule has 0 aromatic heterocycles. The van der Waals surface area contributed by atoms with Gasteiger partial charge in [0.05, 0.1) is 18.4 Å². The average Bonchev–Trinajstić information content (AvgIpc) is 3.08. The molecule has 188 valence electrons. The number of rotatable bonds is 6. The zero-order valence-corrected chi connectivity index (χ0v) is 20.9. The van der Waals surface area contributed by atoms with Crippen molar-refractivity contribution >= 4 is 23.6 Å². The van der Waals surface area contributed by atoms with Crippen molar-refractivity contribution in [2.24, 2.45) is 17.8 Å². The highest BCUT2D eigenvalue weighted by Crippen LogP contribution is 2.37. The van der Waals surface area contributed by atoms with Gasteiger partial charge in [0, 0.05) is 38.8 Å². The van der Waals surface area contributed by atoms with Gasteiger partial charge in [0.2, 0.25) is 23.6 Å².